The molecule has 0 amide bonds. The molecule has 1 aromatic heterocycles. The third-order valence-corrected chi connectivity index (χ3v) is 2.32. The van der Waals surface area contributed by atoms with Crippen molar-refractivity contribution in [3.8, 4) is 0 Å². The molecule has 0 aromatic carbocycles. The first kappa shape index (κ1) is 12.6. The molecule has 6 heteroatoms. The van der Waals surface area contributed by atoms with Gasteiger partial charge in [-0.3, -0.25) is 0 Å². The molecule has 0 fully saturated rings. The maximum Gasteiger partial charge on any atom is 0.413 e. The van der Waals surface area contributed by atoms with Crippen molar-refractivity contribution in [2.75, 3.05) is 0 Å². The average molecular weight is 226 g/mol. The van der Waals surface area contributed by atoms with Gasteiger partial charge in [0.1, 0.15) is 10.8 Å². The zero-order chi connectivity index (χ0) is 12.1. The molecular weight excluding hydrogens is 208 g/mol. The minimum atomic E-state index is -0.451. The van der Waals surface area contributed by atoms with Gasteiger partial charge in [0.2, 0.25) is 0 Å². The quantitative estimate of drug-likeness (QED) is 0.550. The van der Waals surface area contributed by atoms with Crippen molar-refractivity contribution < 1.29 is 4.92 Å². The average Bonchev–Trinajstić information content (AvgIpc) is 2.57. The van der Waals surface area contributed by atoms with Gasteiger partial charge in [0.05, 0.1) is 5.21 Å². The summed E-state index contributed by atoms with van der Waals surface area (Å²) in [6, 6.07) is 0. The Labute approximate surface area is 94.8 Å². The van der Waals surface area contributed by atoms with Crippen molar-refractivity contribution >= 4 is 5.82 Å². The smallest absolute Gasteiger partial charge is 0.358 e. The highest BCUT2D eigenvalue weighted by Crippen LogP contribution is 2.18. The zero-order valence-corrected chi connectivity index (χ0v) is 10.0. The lowest BCUT2D eigenvalue weighted by Crippen LogP contribution is -2.09. The summed E-state index contributed by atoms with van der Waals surface area (Å²) in [6.07, 6.45) is 2.65. The van der Waals surface area contributed by atoms with Crippen molar-refractivity contribution in [1.29, 1.82) is 0 Å². The molecule has 16 heavy (non-hydrogen) atoms. The van der Waals surface area contributed by atoms with E-state index in [0.29, 0.717) is 24.6 Å². The number of unbranched alkanes of at least 4 members (excludes halogenated alkanes) is 1. The largest absolute Gasteiger partial charge is 0.413 e. The fourth-order valence-corrected chi connectivity index (χ4v) is 1.54. The maximum atomic E-state index is 10.8. The Morgan fingerprint density at radius 3 is 2.69 bits per heavy atom. The number of aryl methyl sites for hydroxylation is 1. The van der Waals surface area contributed by atoms with E-state index in [1.54, 1.807) is 4.68 Å². The Bertz CT molecular complexity index is 360. The summed E-state index contributed by atoms with van der Waals surface area (Å²) in [6.45, 7) is 6.84. The molecule has 0 N–H and O–H groups in total. The van der Waals surface area contributed by atoms with Crippen LogP contribution in [0.4, 0.5) is 5.82 Å². The highest BCUT2D eigenvalue weighted by atomic mass is 16.6. The summed E-state index contributed by atoms with van der Waals surface area (Å²) in [5, 5.41) is 18.3. The van der Waals surface area contributed by atoms with E-state index in [2.05, 4.69) is 17.2 Å². The molecule has 90 valence electrons. The molecule has 0 bridgehead atoms. The molecule has 1 heterocycles. The summed E-state index contributed by atoms with van der Waals surface area (Å²) in [4.78, 5) is 10.3. The van der Waals surface area contributed by atoms with Crippen LogP contribution in [0.2, 0.25) is 0 Å². The van der Waals surface area contributed by atoms with Crippen molar-refractivity contribution in [2.45, 2.75) is 46.6 Å². The Kier molecular flexibility index (Phi) is 4.39. The van der Waals surface area contributed by atoms with Crippen LogP contribution in [-0.4, -0.2) is 19.9 Å². The molecule has 0 aliphatic carbocycles. The second-order valence-electron chi connectivity index (χ2n) is 4.29. The van der Waals surface area contributed by atoms with Crippen LogP contribution in [0.15, 0.2) is 0 Å². The van der Waals surface area contributed by atoms with E-state index >= 15 is 0 Å². The van der Waals surface area contributed by atoms with Gasteiger partial charge in [-0.2, -0.15) is 0 Å². The fraction of sp³-hybridized carbons (Fsp3) is 0.800. The third-order valence-electron chi connectivity index (χ3n) is 2.32. The van der Waals surface area contributed by atoms with Crippen molar-refractivity contribution in [1.82, 2.24) is 15.0 Å². The zero-order valence-electron chi connectivity index (χ0n) is 10.0. The van der Waals surface area contributed by atoms with Gasteiger partial charge in [-0.1, -0.05) is 27.2 Å². The van der Waals surface area contributed by atoms with Crippen molar-refractivity contribution in [2.24, 2.45) is 5.92 Å². The minimum absolute atomic E-state index is 0.0928. The molecule has 1 rings (SSSR count). The third kappa shape index (κ3) is 3.01. The molecule has 6 nitrogen and oxygen atoms in total. The summed E-state index contributed by atoms with van der Waals surface area (Å²) in [5.41, 5.74) is 0.647. The number of hydrogen-bond acceptors (Lipinski definition) is 4. The molecule has 0 saturated heterocycles. The molecule has 0 aliphatic rings. The Balaban J connectivity index is 2.94. The van der Waals surface area contributed by atoms with Crippen LogP contribution in [0.5, 0.6) is 0 Å². The molecule has 0 saturated carbocycles. The number of aromatic nitrogens is 3. The SMILES string of the molecule is CCCCn1nnc([N+](=O)[O-])c1CC(C)C. The van der Waals surface area contributed by atoms with Crippen molar-refractivity contribution in [3.63, 3.8) is 0 Å². The number of hydrogen-bond donors (Lipinski definition) is 0. The van der Waals surface area contributed by atoms with Crippen LogP contribution in [0, 0.1) is 16.0 Å². The maximum absolute atomic E-state index is 10.8. The van der Waals surface area contributed by atoms with E-state index in [1.807, 2.05) is 13.8 Å². The molecule has 0 aliphatic heterocycles. The second-order valence-corrected chi connectivity index (χ2v) is 4.29. The normalized spacial score (nSPS) is 11.0. The topological polar surface area (TPSA) is 73.8 Å². The second kappa shape index (κ2) is 5.58. The van der Waals surface area contributed by atoms with Crippen LogP contribution < -0.4 is 0 Å². The first-order valence-corrected chi connectivity index (χ1v) is 5.63. The summed E-state index contributed by atoms with van der Waals surface area (Å²) in [7, 11) is 0. The van der Waals surface area contributed by atoms with E-state index < -0.39 is 4.92 Å². The highest BCUT2D eigenvalue weighted by molar-refractivity contribution is 5.24. The van der Waals surface area contributed by atoms with Gasteiger partial charge in [-0.05, 0) is 17.3 Å². The Hall–Kier alpha value is -1.46. The predicted molar refractivity (Wildman–Crippen MR) is 60.1 cm³/mol. The van der Waals surface area contributed by atoms with E-state index in [4.69, 9.17) is 0 Å². The standard InChI is InChI=1S/C10H18N4O2/c1-4-5-6-13-9(7-8(2)3)10(11-12-13)14(15)16/h8H,4-7H2,1-3H3. The van der Waals surface area contributed by atoms with Crippen molar-refractivity contribution in [3.05, 3.63) is 15.8 Å². The van der Waals surface area contributed by atoms with Gasteiger partial charge in [0, 0.05) is 13.0 Å². The van der Waals surface area contributed by atoms with Gasteiger partial charge in [-0.25, -0.2) is 4.68 Å². The number of nitrogens with zero attached hydrogens (tertiary/aromatic N) is 4. The Morgan fingerprint density at radius 2 is 2.19 bits per heavy atom. The van der Waals surface area contributed by atoms with Gasteiger partial charge in [0.25, 0.3) is 0 Å². The van der Waals surface area contributed by atoms with Gasteiger partial charge in [0.15, 0.2) is 0 Å². The first-order chi connectivity index (χ1) is 7.56. The molecular formula is C10H18N4O2. The van der Waals surface area contributed by atoms with Crippen LogP contribution in [0.1, 0.15) is 39.3 Å². The van der Waals surface area contributed by atoms with Gasteiger partial charge < -0.3 is 10.1 Å². The predicted octanol–water partition coefficient (Wildman–Crippen LogP) is 2.18. The molecule has 1 aromatic rings. The Morgan fingerprint density at radius 1 is 1.50 bits per heavy atom. The molecule has 0 unspecified atom stereocenters. The fourth-order valence-electron chi connectivity index (χ4n) is 1.54. The van der Waals surface area contributed by atoms with E-state index in [1.165, 1.54) is 0 Å². The van der Waals surface area contributed by atoms with Crippen LogP contribution in [0.25, 0.3) is 0 Å². The van der Waals surface area contributed by atoms with Crippen LogP contribution >= 0.6 is 0 Å². The number of nitro groups is 1. The first-order valence-electron chi connectivity index (χ1n) is 5.63. The summed E-state index contributed by atoms with van der Waals surface area (Å²) < 4.78 is 1.67. The lowest BCUT2D eigenvalue weighted by atomic mass is 10.1. The lowest BCUT2D eigenvalue weighted by molar-refractivity contribution is -0.390. The number of rotatable bonds is 6. The van der Waals surface area contributed by atoms with E-state index in [9.17, 15) is 10.1 Å². The molecule has 0 atom stereocenters. The summed E-state index contributed by atoms with van der Waals surface area (Å²) >= 11 is 0. The van der Waals surface area contributed by atoms with Gasteiger partial charge in [-0.15, -0.1) is 0 Å². The van der Waals surface area contributed by atoms with Gasteiger partial charge >= 0.3 is 5.82 Å². The molecule has 0 radical (unpaired) electrons. The monoisotopic (exact) mass is 226 g/mol. The van der Waals surface area contributed by atoms with Crippen LogP contribution in [-0.2, 0) is 13.0 Å². The highest BCUT2D eigenvalue weighted by Gasteiger charge is 2.23. The summed E-state index contributed by atoms with van der Waals surface area (Å²) in [5.74, 6) is 0.266. The molecule has 0 spiro atoms. The lowest BCUT2D eigenvalue weighted by Gasteiger charge is -2.06. The van der Waals surface area contributed by atoms with E-state index in [0.717, 1.165) is 12.8 Å². The minimum Gasteiger partial charge on any atom is -0.358 e. The van der Waals surface area contributed by atoms with Crippen LogP contribution in [0.3, 0.4) is 0 Å². The van der Waals surface area contributed by atoms with E-state index in [-0.39, 0.29) is 5.82 Å².